The summed E-state index contributed by atoms with van der Waals surface area (Å²) in [5.41, 5.74) is 6.51. The number of esters is 1. The Bertz CT molecular complexity index is 1720. The molecule has 1 heterocycles. The standard InChI is InChI=1S/C45H67N3O7/c1-27(2)37-30(49)21-45(33(50)26-48(35(51)23-46)25-28-11-10-20-47-24-28)19-18-43(8)29(38(37)45)12-13-32-42(7)16-15-34(55-36(52)22-40(3,4)39(53)54)41(5,6)31(42)14-17-44(32,43)9/h10-11,20,24,27,29,31-34,50H,12-19,21-23,25-26,46H2,1-9H3,(H,53,54)/t29-,31+,32-,33?,34+,42+,43-,44-,45?/m1/s1. The average Bonchev–Trinajstić information content (AvgIpc) is 3.42. The molecule has 6 rings (SSSR count). The molecule has 55 heavy (non-hydrogen) atoms. The van der Waals surface area contributed by atoms with E-state index in [-0.39, 0.29) is 77.2 Å². The van der Waals surface area contributed by atoms with Crippen molar-refractivity contribution in [3.8, 4) is 0 Å². The lowest BCUT2D eigenvalue weighted by Gasteiger charge is -2.72. The summed E-state index contributed by atoms with van der Waals surface area (Å²) >= 11 is 0. The minimum Gasteiger partial charge on any atom is -0.481 e. The molecule has 0 radical (unpaired) electrons. The van der Waals surface area contributed by atoms with E-state index in [0.29, 0.717) is 24.8 Å². The number of nitrogens with zero attached hydrogens (tertiary/aromatic N) is 2. The van der Waals surface area contributed by atoms with Crippen molar-refractivity contribution >= 4 is 23.6 Å². The number of allylic oxidation sites excluding steroid dienone is 1. The highest BCUT2D eigenvalue weighted by atomic mass is 16.5. The number of aromatic nitrogens is 1. The minimum atomic E-state index is -1.19. The van der Waals surface area contributed by atoms with Gasteiger partial charge < -0.3 is 25.6 Å². The van der Waals surface area contributed by atoms with Crippen molar-refractivity contribution in [1.29, 1.82) is 0 Å². The van der Waals surface area contributed by atoms with Crippen LogP contribution in [-0.2, 0) is 30.5 Å². The average molecular weight is 762 g/mol. The number of carboxylic acid groups (broad SMARTS) is 1. The molecule has 0 saturated heterocycles. The van der Waals surface area contributed by atoms with Crippen LogP contribution in [0.3, 0.4) is 0 Å². The molecule has 10 nitrogen and oxygen atoms in total. The van der Waals surface area contributed by atoms with Gasteiger partial charge in [0.1, 0.15) is 6.10 Å². The number of fused-ring (bicyclic) bond motifs is 7. The smallest absolute Gasteiger partial charge is 0.309 e. The molecule has 0 aliphatic heterocycles. The van der Waals surface area contributed by atoms with Crippen LogP contribution in [0.1, 0.15) is 132 Å². The number of ether oxygens (including phenoxy) is 1. The van der Waals surface area contributed by atoms with Crippen molar-refractivity contribution in [3.05, 3.63) is 41.2 Å². The quantitative estimate of drug-likeness (QED) is 0.200. The fraction of sp³-hybridized carbons (Fsp3) is 0.756. The maximum absolute atomic E-state index is 14.2. The largest absolute Gasteiger partial charge is 0.481 e. The summed E-state index contributed by atoms with van der Waals surface area (Å²) in [6.45, 7) is 19.6. The first kappa shape index (κ1) is 41.5. The van der Waals surface area contributed by atoms with Crippen molar-refractivity contribution < 1.29 is 34.1 Å². The van der Waals surface area contributed by atoms with Crippen molar-refractivity contribution in [2.24, 2.45) is 61.9 Å². The lowest BCUT2D eigenvalue weighted by molar-refractivity contribution is -0.235. The topological polar surface area (TPSA) is 160 Å². The van der Waals surface area contributed by atoms with E-state index >= 15 is 0 Å². The molecule has 304 valence electrons. The molecule has 0 aromatic carbocycles. The van der Waals surface area contributed by atoms with Gasteiger partial charge in [0.25, 0.3) is 0 Å². The van der Waals surface area contributed by atoms with Crippen LogP contribution >= 0.6 is 0 Å². The van der Waals surface area contributed by atoms with E-state index in [1.165, 1.54) is 5.57 Å². The zero-order chi connectivity index (χ0) is 40.5. The predicted molar refractivity (Wildman–Crippen MR) is 210 cm³/mol. The third kappa shape index (κ3) is 6.59. The Kier molecular flexibility index (Phi) is 10.8. The summed E-state index contributed by atoms with van der Waals surface area (Å²) in [6.07, 6.45) is 9.60. The molecule has 5 aliphatic rings. The number of nitrogens with two attached hydrogens (primary N) is 1. The molecule has 4 N–H and O–H groups in total. The van der Waals surface area contributed by atoms with E-state index in [1.54, 1.807) is 31.1 Å². The molecule has 9 atom stereocenters. The highest BCUT2D eigenvalue weighted by molar-refractivity contribution is 6.00. The normalized spacial score (nSPS) is 36.0. The Labute approximate surface area is 328 Å². The number of aliphatic hydroxyl groups is 1. The minimum absolute atomic E-state index is 0.0118. The maximum Gasteiger partial charge on any atom is 0.309 e. The van der Waals surface area contributed by atoms with Gasteiger partial charge in [0, 0.05) is 42.7 Å². The lowest BCUT2D eigenvalue weighted by atomic mass is 9.33. The van der Waals surface area contributed by atoms with E-state index < -0.39 is 28.9 Å². The second kappa shape index (κ2) is 14.4. The van der Waals surface area contributed by atoms with Gasteiger partial charge in [0.15, 0.2) is 5.78 Å². The van der Waals surface area contributed by atoms with E-state index in [1.807, 2.05) is 12.1 Å². The zero-order valence-corrected chi connectivity index (χ0v) is 34.9. The van der Waals surface area contributed by atoms with Gasteiger partial charge in [0.2, 0.25) is 5.91 Å². The number of Topliss-reactive ketones (excluding diaryl/α,β-unsaturated/α-hetero) is 1. The number of pyridine rings is 1. The van der Waals surface area contributed by atoms with Gasteiger partial charge in [-0.1, -0.05) is 60.1 Å². The van der Waals surface area contributed by atoms with Gasteiger partial charge >= 0.3 is 11.9 Å². The van der Waals surface area contributed by atoms with Crippen LogP contribution in [0.25, 0.3) is 0 Å². The van der Waals surface area contributed by atoms with Gasteiger partial charge in [-0.3, -0.25) is 24.2 Å². The van der Waals surface area contributed by atoms with E-state index in [2.05, 4.69) is 53.5 Å². The monoisotopic (exact) mass is 761 g/mol. The Morgan fingerprint density at radius 2 is 1.71 bits per heavy atom. The van der Waals surface area contributed by atoms with Crippen LogP contribution in [0.4, 0.5) is 0 Å². The van der Waals surface area contributed by atoms with Gasteiger partial charge in [-0.15, -0.1) is 0 Å². The van der Waals surface area contributed by atoms with Crippen LogP contribution in [0.15, 0.2) is 35.7 Å². The maximum atomic E-state index is 14.2. The first-order valence-electron chi connectivity index (χ1n) is 20.8. The summed E-state index contributed by atoms with van der Waals surface area (Å²) in [7, 11) is 0. The molecule has 2 unspecified atom stereocenters. The second-order valence-electron chi connectivity index (χ2n) is 20.4. The first-order chi connectivity index (χ1) is 25.6. The van der Waals surface area contributed by atoms with Crippen LogP contribution < -0.4 is 5.73 Å². The van der Waals surface area contributed by atoms with Crippen molar-refractivity contribution in [3.63, 3.8) is 0 Å². The van der Waals surface area contributed by atoms with Crippen LogP contribution in [0, 0.1) is 56.2 Å². The summed E-state index contributed by atoms with van der Waals surface area (Å²) in [4.78, 5) is 58.2. The molecular formula is C45H67N3O7. The molecule has 5 aliphatic carbocycles. The number of aliphatic hydroxyl groups excluding tert-OH is 1. The molecule has 4 fully saturated rings. The second-order valence-corrected chi connectivity index (χ2v) is 20.4. The molecular weight excluding hydrogens is 695 g/mol. The number of amides is 1. The van der Waals surface area contributed by atoms with E-state index in [9.17, 15) is 29.4 Å². The molecule has 10 heteroatoms. The van der Waals surface area contributed by atoms with Gasteiger partial charge in [-0.25, -0.2) is 0 Å². The SMILES string of the molecule is CC(C)C1=C2[C@H]3CC[C@@H]4[C@@]5(C)CC[C@H](OC(=O)CC(C)(C)C(=O)O)C(C)(C)[C@@H]5CC[C@@]4(C)[C@]3(C)CCC2(C(O)CN(Cc2cccnc2)C(=O)CN)CC1=O. The third-order valence-corrected chi connectivity index (χ3v) is 16.5. The number of rotatable bonds is 11. The number of aliphatic carboxylic acids is 1. The lowest BCUT2D eigenvalue weighted by Crippen LogP contribution is -2.66. The zero-order valence-electron chi connectivity index (χ0n) is 34.9. The van der Waals surface area contributed by atoms with Gasteiger partial charge in [0.05, 0.1) is 24.5 Å². The summed E-state index contributed by atoms with van der Waals surface area (Å²) in [6, 6.07) is 3.75. The summed E-state index contributed by atoms with van der Waals surface area (Å²) < 4.78 is 6.16. The summed E-state index contributed by atoms with van der Waals surface area (Å²) in [5, 5.41) is 22.1. The molecule has 0 bridgehead atoms. The van der Waals surface area contributed by atoms with Crippen molar-refractivity contribution in [1.82, 2.24) is 9.88 Å². The molecule has 0 spiro atoms. The van der Waals surface area contributed by atoms with Crippen LogP contribution in [-0.4, -0.2) is 69.0 Å². The Hall–Kier alpha value is -3.11. The van der Waals surface area contributed by atoms with E-state index in [0.717, 1.165) is 56.1 Å². The third-order valence-electron chi connectivity index (χ3n) is 16.5. The summed E-state index contributed by atoms with van der Waals surface area (Å²) in [5.74, 6) is -0.634. The number of hydrogen-bond acceptors (Lipinski definition) is 8. The number of carbonyl (C=O) groups excluding carboxylic acids is 3. The Morgan fingerprint density at radius 1 is 1.00 bits per heavy atom. The van der Waals surface area contributed by atoms with Crippen LogP contribution in [0.5, 0.6) is 0 Å². The van der Waals surface area contributed by atoms with E-state index in [4.69, 9.17) is 10.5 Å². The highest BCUT2D eigenvalue weighted by Gasteiger charge is 2.71. The number of carboxylic acids is 1. The van der Waals surface area contributed by atoms with Gasteiger partial charge in [-0.05, 0) is 122 Å². The highest BCUT2D eigenvalue weighted by Crippen LogP contribution is 2.77. The Balaban J connectivity index is 1.30. The Morgan fingerprint density at radius 3 is 2.33 bits per heavy atom. The molecule has 1 amide bonds. The number of hydrogen-bond donors (Lipinski definition) is 3. The fourth-order valence-electron chi connectivity index (χ4n) is 13.4. The number of carbonyl (C=O) groups is 4. The van der Waals surface area contributed by atoms with Gasteiger partial charge in [-0.2, -0.15) is 0 Å². The predicted octanol–water partition coefficient (Wildman–Crippen LogP) is 7.12. The van der Waals surface area contributed by atoms with Crippen LogP contribution in [0.2, 0.25) is 0 Å². The van der Waals surface area contributed by atoms with Crippen molar-refractivity contribution in [2.75, 3.05) is 13.1 Å². The molecule has 1 aromatic rings. The van der Waals surface area contributed by atoms with Crippen molar-refractivity contribution in [2.45, 2.75) is 145 Å². The first-order valence-corrected chi connectivity index (χ1v) is 20.8. The molecule has 1 aromatic heterocycles. The fourth-order valence-corrected chi connectivity index (χ4v) is 13.4. The molecule has 4 saturated carbocycles. The number of ketones is 1.